The second-order valence-corrected chi connectivity index (χ2v) is 4.92. The molecule has 2 aromatic rings. The third-order valence-electron chi connectivity index (χ3n) is 2.65. The molecule has 1 aromatic heterocycles. The van der Waals surface area contributed by atoms with Crippen LogP contribution in [-0.2, 0) is 11.3 Å². The van der Waals surface area contributed by atoms with Gasteiger partial charge in [0.05, 0.1) is 6.61 Å². The number of nitrogens with zero attached hydrogens (tertiary/aromatic N) is 1. The Balaban J connectivity index is 1.75. The van der Waals surface area contributed by atoms with Crippen molar-refractivity contribution in [2.45, 2.75) is 13.5 Å². The van der Waals surface area contributed by atoms with E-state index in [4.69, 9.17) is 21.2 Å². The normalized spacial score (nSPS) is 10.3. The maximum absolute atomic E-state index is 5.82. The van der Waals surface area contributed by atoms with E-state index >= 15 is 0 Å². The number of hydrogen-bond donors (Lipinski definition) is 0. The van der Waals surface area contributed by atoms with Crippen LogP contribution >= 0.6 is 11.6 Å². The zero-order valence-electron chi connectivity index (χ0n) is 11.4. The topological polar surface area (TPSA) is 22.3 Å². The molecule has 0 saturated heterocycles. The van der Waals surface area contributed by atoms with Crippen LogP contribution in [-0.4, -0.2) is 6.61 Å². The van der Waals surface area contributed by atoms with Gasteiger partial charge in [-0.1, -0.05) is 30.3 Å². The summed E-state index contributed by atoms with van der Waals surface area (Å²) in [6, 6.07) is 11.5. The van der Waals surface area contributed by atoms with E-state index in [1.807, 2.05) is 55.7 Å². The van der Waals surface area contributed by atoms with Gasteiger partial charge >= 0.3 is 0 Å². The van der Waals surface area contributed by atoms with Crippen LogP contribution < -0.4 is 9.57 Å². The second-order valence-electron chi connectivity index (χ2n) is 4.48. The lowest BCUT2D eigenvalue weighted by molar-refractivity contribution is -0.880. The zero-order valence-corrected chi connectivity index (χ0v) is 12.1. The summed E-state index contributed by atoms with van der Waals surface area (Å²) in [6.07, 6.45) is 3.67. The first-order valence-electron chi connectivity index (χ1n) is 6.30. The lowest BCUT2D eigenvalue weighted by atomic mass is 10.2. The lowest BCUT2D eigenvalue weighted by Crippen LogP contribution is -2.41. The summed E-state index contributed by atoms with van der Waals surface area (Å²) in [6.45, 7) is 6.69. The van der Waals surface area contributed by atoms with Gasteiger partial charge in [-0.2, -0.15) is 0 Å². The Morgan fingerprint density at radius 1 is 1.15 bits per heavy atom. The van der Waals surface area contributed by atoms with E-state index in [2.05, 4.69) is 6.58 Å². The number of ether oxygens (including phenoxy) is 1. The highest BCUT2D eigenvalue weighted by Gasteiger charge is 2.05. The van der Waals surface area contributed by atoms with Crippen LogP contribution in [0.1, 0.15) is 11.1 Å². The number of benzene rings is 1. The third-order valence-corrected chi connectivity index (χ3v) is 2.90. The standard InChI is InChI=1S/C16H17ClNO2/c1-13-7-9-18(10-8-13)20-14(2)11-19-12-15-3-5-16(17)6-4-15/h3-10H,2,11-12H2,1H3/q+1. The molecule has 0 fully saturated rings. The Morgan fingerprint density at radius 3 is 2.45 bits per heavy atom. The Morgan fingerprint density at radius 2 is 1.80 bits per heavy atom. The highest BCUT2D eigenvalue weighted by atomic mass is 35.5. The highest BCUT2D eigenvalue weighted by molar-refractivity contribution is 6.30. The van der Waals surface area contributed by atoms with Crippen LogP contribution in [0.4, 0.5) is 0 Å². The molecule has 0 amide bonds. The van der Waals surface area contributed by atoms with Gasteiger partial charge in [0, 0.05) is 21.9 Å². The van der Waals surface area contributed by atoms with Crippen molar-refractivity contribution in [3.63, 3.8) is 0 Å². The summed E-state index contributed by atoms with van der Waals surface area (Å²) in [5, 5.41) is 0.720. The van der Waals surface area contributed by atoms with Crippen LogP contribution in [0, 0.1) is 6.92 Å². The SMILES string of the molecule is C=C(COCc1ccc(Cl)cc1)O[n+]1ccc(C)cc1. The molecule has 1 aromatic carbocycles. The molecule has 3 nitrogen and oxygen atoms in total. The van der Waals surface area contributed by atoms with Gasteiger partial charge in [-0.05, 0) is 30.2 Å². The van der Waals surface area contributed by atoms with Gasteiger partial charge in [-0.3, -0.25) is 0 Å². The second kappa shape index (κ2) is 7.08. The van der Waals surface area contributed by atoms with Crippen molar-refractivity contribution in [1.29, 1.82) is 0 Å². The number of halogens is 1. The van der Waals surface area contributed by atoms with E-state index in [0.717, 1.165) is 10.6 Å². The Hall–Kier alpha value is -1.84. The molecule has 0 atom stereocenters. The summed E-state index contributed by atoms with van der Waals surface area (Å²) in [5.41, 5.74) is 2.24. The Bertz CT molecular complexity index is 564. The maximum Gasteiger partial charge on any atom is 0.223 e. The average Bonchev–Trinajstić information content (AvgIpc) is 2.44. The van der Waals surface area contributed by atoms with Gasteiger partial charge < -0.3 is 4.74 Å². The minimum atomic E-state index is 0.337. The summed E-state index contributed by atoms with van der Waals surface area (Å²) in [4.78, 5) is 5.50. The van der Waals surface area contributed by atoms with Crippen molar-refractivity contribution in [3.05, 3.63) is 77.3 Å². The van der Waals surface area contributed by atoms with Crippen LogP contribution in [0.3, 0.4) is 0 Å². The predicted octanol–water partition coefficient (Wildman–Crippen LogP) is 3.10. The molecule has 0 aliphatic heterocycles. The van der Waals surface area contributed by atoms with Crippen molar-refractivity contribution in [2.24, 2.45) is 0 Å². The first-order valence-corrected chi connectivity index (χ1v) is 6.67. The van der Waals surface area contributed by atoms with E-state index in [9.17, 15) is 0 Å². The molecule has 1 heterocycles. The number of pyridine rings is 1. The third kappa shape index (κ3) is 4.68. The Kier molecular flexibility index (Phi) is 5.16. The first kappa shape index (κ1) is 14.6. The molecule has 0 bridgehead atoms. The number of aromatic nitrogens is 1. The monoisotopic (exact) mass is 290 g/mol. The molecule has 0 N–H and O–H groups in total. The van der Waals surface area contributed by atoms with Gasteiger partial charge in [-0.15, -0.1) is 0 Å². The van der Waals surface area contributed by atoms with Crippen LogP contribution in [0.2, 0.25) is 5.02 Å². The molecule has 104 valence electrons. The smallest absolute Gasteiger partial charge is 0.223 e. The lowest BCUT2D eigenvalue weighted by Gasteiger charge is -2.05. The van der Waals surface area contributed by atoms with Crippen molar-refractivity contribution in [3.8, 4) is 0 Å². The summed E-state index contributed by atoms with van der Waals surface area (Å²) < 4.78 is 7.13. The van der Waals surface area contributed by atoms with Crippen molar-refractivity contribution in [2.75, 3.05) is 6.61 Å². The quantitative estimate of drug-likeness (QED) is 0.602. The molecule has 0 aliphatic rings. The molecular weight excluding hydrogens is 274 g/mol. The van der Waals surface area contributed by atoms with Crippen molar-refractivity contribution < 1.29 is 14.3 Å². The molecule has 4 heteroatoms. The highest BCUT2D eigenvalue weighted by Crippen LogP contribution is 2.10. The first-order chi connectivity index (χ1) is 9.63. The minimum Gasteiger partial charge on any atom is -0.369 e. The van der Waals surface area contributed by atoms with Gasteiger partial charge in [0.25, 0.3) is 0 Å². The maximum atomic E-state index is 5.82. The molecule has 20 heavy (non-hydrogen) atoms. The average molecular weight is 291 g/mol. The molecule has 0 saturated carbocycles. The van der Waals surface area contributed by atoms with E-state index in [0.29, 0.717) is 19.0 Å². The number of aryl methyl sites for hydroxylation is 1. The van der Waals surface area contributed by atoms with Gasteiger partial charge in [0.1, 0.15) is 6.61 Å². The fourth-order valence-corrected chi connectivity index (χ4v) is 1.71. The minimum absolute atomic E-state index is 0.337. The van der Waals surface area contributed by atoms with E-state index in [1.165, 1.54) is 5.56 Å². The van der Waals surface area contributed by atoms with E-state index in [1.54, 1.807) is 4.73 Å². The van der Waals surface area contributed by atoms with Gasteiger partial charge in [0.2, 0.25) is 12.4 Å². The summed E-state index contributed by atoms with van der Waals surface area (Å²) in [7, 11) is 0. The van der Waals surface area contributed by atoms with Gasteiger partial charge in [0.15, 0.2) is 5.76 Å². The van der Waals surface area contributed by atoms with Crippen molar-refractivity contribution in [1.82, 2.24) is 0 Å². The van der Waals surface area contributed by atoms with E-state index in [-0.39, 0.29) is 0 Å². The zero-order chi connectivity index (χ0) is 14.4. The summed E-state index contributed by atoms with van der Waals surface area (Å²) >= 11 is 5.82. The van der Waals surface area contributed by atoms with Gasteiger partial charge in [-0.25, -0.2) is 4.84 Å². The molecular formula is C16H17ClNO2+. The molecule has 0 aliphatic carbocycles. The molecule has 0 unspecified atom stereocenters. The van der Waals surface area contributed by atoms with Crippen molar-refractivity contribution >= 4 is 11.6 Å². The summed E-state index contributed by atoms with van der Waals surface area (Å²) in [5.74, 6) is 0.549. The fourth-order valence-electron chi connectivity index (χ4n) is 1.59. The fraction of sp³-hybridized carbons (Fsp3) is 0.188. The molecule has 0 radical (unpaired) electrons. The largest absolute Gasteiger partial charge is 0.369 e. The number of hydrogen-bond acceptors (Lipinski definition) is 2. The molecule has 2 rings (SSSR count). The van der Waals surface area contributed by atoms with Crippen LogP contribution in [0.5, 0.6) is 0 Å². The van der Waals surface area contributed by atoms with E-state index < -0.39 is 0 Å². The Labute approximate surface area is 124 Å². The molecule has 0 spiro atoms. The predicted molar refractivity (Wildman–Crippen MR) is 78.2 cm³/mol. The van der Waals surface area contributed by atoms with Crippen LogP contribution in [0.15, 0.2) is 61.1 Å². The van der Waals surface area contributed by atoms with Crippen LogP contribution in [0.25, 0.3) is 0 Å². The number of rotatable bonds is 6.